The van der Waals surface area contributed by atoms with Crippen molar-refractivity contribution in [1.29, 1.82) is 0 Å². The normalized spacial score (nSPS) is 11.8. The third-order valence-electron chi connectivity index (χ3n) is 3.19. The zero-order chi connectivity index (χ0) is 13.5. The van der Waals surface area contributed by atoms with Crippen molar-refractivity contribution < 1.29 is 9.53 Å². The van der Waals surface area contributed by atoms with Crippen LogP contribution in [0, 0.1) is 0 Å². The van der Waals surface area contributed by atoms with Crippen LogP contribution in [0.15, 0.2) is 60.7 Å². The molecular formula is C17H18O2. The molecule has 2 heteroatoms. The Kier molecular flexibility index (Phi) is 4.73. The molecule has 0 radical (unpaired) electrons. The van der Waals surface area contributed by atoms with Gasteiger partial charge in [0.15, 0.2) is 0 Å². The van der Waals surface area contributed by atoms with E-state index in [1.807, 2.05) is 36.4 Å². The van der Waals surface area contributed by atoms with Crippen LogP contribution >= 0.6 is 0 Å². The molecule has 98 valence electrons. The Balaban J connectivity index is 1.96. The Morgan fingerprint density at radius 2 is 1.58 bits per heavy atom. The van der Waals surface area contributed by atoms with E-state index in [1.54, 1.807) is 12.1 Å². The van der Waals surface area contributed by atoms with Gasteiger partial charge in [0.05, 0.1) is 12.2 Å². The van der Waals surface area contributed by atoms with E-state index >= 15 is 0 Å². The summed E-state index contributed by atoms with van der Waals surface area (Å²) in [6.45, 7) is 2.53. The molecule has 1 unspecified atom stereocenters. The van der Waals surface area contributed by atoms with Crippen LogP contribution in [0.4, 0.5) is 0 Å². The van der Waals surface area contributed by atoms with Gasteiger partial charge in [-0.25, -0.2) is 4.79 Å². The van der Waals surface area contributed by atoms with Crippen LogP contribution in [-0.4, -0.2) is 12.6 Å². The van der Waals surface area contributed by atoms with Crippen LogP contribution in [0.5, 0.6) is 0 Å². The number of rotatable bonds is 5. The van der Waals surface area contributed by atoms with Gasteiger partial charge in [-0.15, -0.1) is 0 Å². The van der Waals surface area contributed by atoms with Crippen molar-refractivity contribution >= 4 is 5.97 Å². The maximum atomic E-state index is 11.9. The van der Waals surface area contributed by atoms with Crippen molar-refractivity contribution in [1.82, 2.24) is 0 Å². The standard InChI is InChI=1S/C17H18O2/c1-2-14(15-9-5-3-6-10-15)13-19-17(18)16-11-7-4-8-12-16/h3-12,14H,2,13H2,1H3. The van der Waals surface area contributed by atoms with Crippen LogP contribution < -0.4 is 0 Å². The Bertz CT molecular complexity index is 505. The summed E-state index contributed by atoms with van der Waals surface area (Å²) in [6, 6.07) is 19.3. The summed E-state index contributed by atoms with van der Waals surface area (Å²) in [4.78, 5) is 11.9. The van der Waals surface area contributed by atoms with Gasteiger partial charge in [-0.05, 0) is 24.1 Å². The molecule has 1 atom stereocenters. The van der Waals surface area contributed by atoms with E-state index < -0.39 is 0 Å². The first-order valence-corrected chi connectivity index (χ1v) is 6.58. The van der Waals surface area contributed by atoms with Crippen LogP contribution in [0.2, 0.25) is 0 Å². The molecule has 19 heavy (non-hydrogen) atoms. The number of benzene rings is 2. The molecule has 0 saturated heterocycles. The molecule has 2 nitrogen and oxygen atoms in total. The predicted molar refractivity (Wildman–Crippen MR) is 76.2 cm³/mol. The summed E-state index contributed by atoms with van der Waals surface area (Å²) >= 11 is 0. The number of carbonyl (C=O) groups excluding carboxylic acids is 1. The zero-order valence-electron chi connectivity index (χ0n) is 11.1. The third-order valence-corrected chi connectivity index (χ3v) is 3.19. The minimum Gasteiger partial charge on any atom is -0.461 e. The van der Waals surface area contributed by atoms with Crippen molar-refractivity contribution in [3.63, 3.8) is 0 Å². The molecule has 0 bridgehead atoms. The first-order chi connectivity index (χ1) is 9.31. The van der Waals surface area contributed by atoms with E-state index in [0.29, 0.717) is 12.2 Å². The average molecular weight is 254 g/mol. The molecular weight excluding hydrogens is 236 g/mol. The van der Waals surface area contributed by atoms with Gasteiger partial charge in [-0.1, -0.05) is 55.5 Å². The Morgan fingerprint density at radius 3 is 2.16 bits per heavy atom. The topological polar surface area (TPSA) is 26.3 Å². The SMILES string of the molecule is CCC(COC(=O)c1ccccc1)c1ccccc1. The summed E-state index contributed by atoms with van der Waals surface area (Å²) < 4.78 is 5.40. The van der Waals surface area contributed by atoms with E-state index in [2.05, 4.69) is 19.1 Å². The number of carbonyl (C=O) groups is 1. The highest BCUT2D eigenvalue weighted by Crippen LogP contribution is 2.19. The number of esters is 1. The van der Waals surface area contributed by atoms with Gasteiger partial charge in [-0.2, -0.15) is 0 Å². The third kappa shape index (κ3) is 3.68. The highest BCUT2D eigenvalue weighted by atomic mass is 16.5. The van der Waals surface area contributed by atoms with Gasteiger partial charge < -0.3 is 4.74 Å². The molecule has 2 aromatic carbocycles. The fourth-order valence-electron chi connectivity index (χ4n) is 2.01. The quantitative estimate of drug-likeness (QED) is 0.753. The van der Waals surface area contributed by atoms with E-state index in [0.717, 1.165) is 6.42 Å². The average Bonchev–Trinajstić information content (AvgIpc) is 2.49. The fourth-order valence-corrected chi connectivity index (χ4v) is 2.01. The van der Waals surface area contributed by atoms with Gasteiger partial charge in [-0.3, -0.25) is 0 Å². The predicted octanol–water partition coefficient (Wildman–Crippen LogP) is 4.04. The Morgan fingerprint density at radius 1 is 1.00 bits per heavy atom. The lowest BCUT2D eigenvalue weighted by Gasteiger charge is -2.15. The molecule has 2 aromatic rings. The summed E-state index contributed by atoms with van der Waals surface area (Å²) in [5.74, 6) is 0.00356. The van der Waals surface area contributed by atoms with Crippen molar-refractivity contribution in [3.8, 4) is 0 Å². The lowest BCUT2D eigenvalue weighted by Crippen LogP contribution is -2.12. The first kappa shape index (κ1) is 13.3. The molecule has 0 aliphatic rings. The van der Waals surface area contributed by atoms with Crippen LogP contribution in [0.25, 0.3) is 0 Å². The Hall–Kier alpha value is -2.09. The maximum Gasteiger partial charge on any atom is 0.338 e. The largest absolute Gasteiger partial charge is 0.461 e. The molecule has 0 amide bonds. The monoisotopic (exact) mass is 254 g/mol. The molecule has 0 fully saturated rings. The fraction of sp³-hybridized carbons (Fsp3) is 0.235. The summed E-state index contributed by atoms with van der Waals surface area (Å²) in [7, 11) is 0. The minimum absolute atomic E-state index is 0.255. The Labute approximate surface area is 114 Å². The second-order valence-electron chi connectivity index (χ2n) is 4.48. The lowest BCUT2D eigenvalue weighted by molar-refractivity contribution is 0.0477. The maximum absolute atomic E-state index is 11.9. The summed E-state index contributed by atoms with van der Waals surface area (Å²) in [6.07, 6.45) is 0.950. The van der Waals surface area contributed by atoms with Gasteiger partial charge in [0.1, 0.15) is 0 Å². The van der Waals surface area contributed by atoms with E-state index in [1.165, 1.54) is 5.56 Å². The van der Waals surface area contributed by atoms with Gasteiger partial charge in [0.2, 0.25) is 0 Å². The molecule has 2 rings (SSSR count). The highest BCUT2D eigenvalue weighted by Gasteiger charge is 2.13. The number of ether oxygens (including phenoxy) is 1. The molecule has 0 heterocycles. The molecule has 0 aliphatic carbocycles. The second-order valence-corrected chi connectivity index (χ2v) is 4.48. The van der Waals surface area contributed by atoms with E-state index in [-0.39, 0.29) is 11.9 Å². The van der Waals surface area contributed by atoms with E-state index in [9.17, 15) is 4.79 Å². The highest BCUT2D eigenvalue weighted by molar-refractivity contribution is 5.89. The molecule has 0 aromatic heterocycles. The van der Waals surface area contributed by atoms with Crippen molar-refractivity contribution in [2.75, 3.05) is 6.61 Å². The first-order valence-electron chi connectivity index (χ1n) is 6.58. The van der Waals surface area contributed by atoms with Crippen molar-refractivity contribution in [3.05, 3.63) is 71.8 Å². The van der Waals surface area contributed by atoms with Crippen molar-refractivity contribution in [2.45, 2.75) is 19.3 Å². The lowest BCUT2D eigenvalue weighted by atomic mass is 9.97. The van der Waals surface area contributed by atoms with E-state index in [4.69, 9.17) is 4.74 Å². The molecule has 0 aliphatic heterocycles. The van der Waals surface area contributed by atoms with Gasteiger partial charge in [0, 0.05) is 5.92 Å². The van der Waals surface area contributed by atoms with Crippen LogP contribution in [0.3, 0.4) is 0 Å². The minimum atomic E-state index is -0.255. The number of hydrogen-bond donors (Lipinski definition) is 0. The van der Waals surface area contributed by atoms with Crippen LogP contribution in [0.1, 0.15) is 35.2 Å². The summed E-state index contributed by atoms with van der Waals surface area (Å²) in [5, 5.41) is 0. The smallest absolute Gasteiger partial charge is 0.338 e. The van der Waals surface area contributed by atoms with Crippen LogP contribution in [-0.2, 0) is 4.74 Å². The molecule has 0 N–H and O–H groups in total. The van der Waals surface area contributed by atoms with Crippen molar-refractivity contribution in [2.24, 2.45) is 0 Å². The zero-order valence-corrected chi connectivity index (χ0v) is 11.1. The van der Waals surface area contributed by atoms with Gasteiger partial charge >= 0.3 is 5.97 Å². The second kappa shape index (κ2) is 6.74. The number of hydrogen-bond acceptors (Lipinski definition) is 2. The summed E-state index contributed by atoms with van der Waals surface area (Å²) in [5.41, 5.74) is 1.82. The molecule has 0 saturated carbocycles. The molecule has 0 spiro atoms. The van der Waals surface area contributed by atoms with Gasteiger partial charge in [0.25, 0.3) is 0 Å².